The van der Waals surface area contributed by atoms with E-state index >= 15 is 0 Å². The summed E-state index contributed by atoms with van der Waals surface area (Å²) < 4.78 is 23.6. The predicted molar refractivity (Wildman–Crippen MR) is 101 cm³/mol. The summed E-state index contributed by atoms with van der Waals surface area (Å²) in [6.07, 6.45) is 1.68. The SMILES string of the molecule is CONS(=O)(=O)c1ccc(C(=O)Nc2ccc(-c3ccccc3)cn2)cc1. The molecule has 1 aromatic heterocycles. The van der Waals surface area contributed by atoms with Gasteiger partial charge in [-0.2, -0.15) is 0 Å². The monoisotopic (exact) mass is 383 g/mol. The summed E-state index contributed by atoms with van der Waals surface area (Å²) in [5.74, 6) is 0.0102. The molecule has 0 radical (unpaired) electrons. The van der Waals surface area contributed by atoms with E-state index in [1.165, 1.54) is 31.4 Å². The van der Waals surface area contributed by atoms with Crippen molar-refractivity contribution >= 4 is 21.7 Å². The van der Waals surface area contributed by atoms with Gasteiger partial charge in [-0.05, 0) is 42.0 Å². The van der Waals surface area contributed by atoms with Crippen LogP contribution in [0.15, 0.2) is 77.8 Å². The van der Waals surface area contributed by atoms with E-state index in [4.69, 9.17) is 0 Å². The molecule has 0 spiro atoms. The van der Waals surface area contributed by atoms with Crippen LogP contribution in [0.1, 0.15) is 10.4 Å². The topological polar surface area (TPSA) is 97.4 Å². The number of aromatic nitrogens is 1. The fourth-order valence-electron chi connectivity index (χ4n) is 2.40. The molecule has 3 rings (SSSR count). The van der Waals surface area contributed by atoms with E-state index in [-0.39, 0.29) is 4.90 Å². The van der Waals surface area contributed by atoms with Crippen molar-refractivity contribution in [3.8, 4) is 11.1 Å². The number of amides is 1. The van der Waals surface area contributed by atoms with Gasteiger partial charge in [0, 0.05) is 17.3 Å². The number of carbonyl (C=O) groups is 1. The third-order valence-electron chi connectivity index (χ3n) is 3.73. The Morgan fingerprint density at radius 3 is 2.22 bits per heavy atom. The van der Waals surface area contributed by atoms with Gasteiger partial charge in [-0.1, -0.05) is 35.2 Å². The van der Waals surface area contributed by atoms with Crippen LogP contribution in [0.3, 0.4) is 0 Å². The average Bonchev–Trinajstić information content (AvgIpc) is 2.69. The van der Waals surface area contributed by atoms with E-state index in [1.807, 2.05) is 41.3 Å². The molecule has 7 nitrogen and oxygen atoms in total. The lowest BCUT2D eigenvalue weighted by atomic mass is 10.1. The van der Waals surface area contributed by atoms with E-state index in [9.17, 15) is 13.2 Å². The molecular weight excluding hydrogens is 366 g/mol. The van der Waals surface area contributed by atoms with Crippen LogP contribution < -0.4 is 10.2 Å². The summed E-state index contributed by atoms with van der Waals surface area (Å²) >= 11 is 0. The van der Waals surface area contributed by atoms with Crippen LogP contribution in [0.25, 0.3) is 11.1 Å². The number of nitrogens with zero attached hydrogens (tertiary/aromatic N) is 1. The molecule has 138 valence electrons. The van der Waals surface area contributed by atoms with Crippen LogP contribution in [0, 0.1) is 0 Å². The zero-order valence-corrected chi connectivity index (χ0v) is 15.2. The zero-order chi connectivity index (χ0) is 19.3. The Labute approximate surface area is 157 Å². The van der Waals surface area contributed by atoms with Crippen LogP contribution in [0.5, 0.6) is 0 Å². The summed E-state index contributed by atoms with van der Waals surface area (Å²) in [6, 6.07) is 18.8. The number of rotatable bonds is 6. The molecule has 1 heterocycles. The van der Waals surface area contributed by atoms with Crippen molar-refractivity contribution in [3.63, 3.8) is 0 Å². The zero-order valence-electron chi connectivity index (χ0n) is 14.4. The summed E-state index contributed by atoms with van der Waals surface area (Å²) in [5.41, 5.74) is 2.28. The van der Waals surface area contributed by atoms with Crippen molar-refractivity contribution in [2.24, 2.45) is 0 Å². The maximum absolute atomic E-state index is 12.3. The van der Waals surface area contributed by atoms with Gasteiger partial charge in [0.2, 0.25) is 0 Å². The molecule has 3 aromatic rings. The third kappa shape index (κ3) is 4.56. The van der Waals surface area contributed by atoms with Crippen molar-refractivity contribution < 1.29 is 18.0 Å². The van der Waals surface area contributed by atoms with Crippen molar-refractivity contribution in [2.45, 2.75) is 4.90 Å². The van der Waals surface area contributed by atoms with Gasteiger partial charge in [-0.3, -0.25) is 9.63 Å². The van der Waals surface area contributed by atoms with E-state index < -0.39 is 15.9 Å². The average molecular weight is 383 g/mol. The molecule has 2 aromatic carbocycles. The summed E-state index contributed by atoms with van der Waals surface area (Å²) in [7, 11) is -2.56. The molecule has 0 unspecified atom stereocenters. The number of carbonyl (C=O) groups excluding carboxylic acids is 1. The highest BCUT2D eigenvalue weighted by Gasteiger charge is 2.14. The first-order valence-corrected chi connectivity index (χ1v) is 9.45. The minimum absolute atomic E-state index is 0.00811. The second-order valence-corrected chi connectivity index (χ2v) is 7.21. The fourth-order valence-corrected chi connectivity index (χ4v) is 3.21. The Balaban J connectivity index is 1.70. The van der Waals surface area contributed by atoms with Gasteiger partial charge in [0.15, 0.2) is 0 Å². The van der Waals surface area contributed by atoms with Crippen molar-refractivity contribution in [3.05, 3.63) is 78.5 Å². The van der Waals surface area contributed by atoms with Gasteiger partial charge in [0.1, 0.15) is 5.82 Å². The highest BCUT2D eigenvalue weighted by Crippen LogP contribution is 2.19. The molecule has 0 aliphatic carbocycles. The highest BCUT2D eigenvalue weighted by molar-refractivity contribution is 7.89. The minimum Gasteiger partial charge on any atom is -0.307 e. The fraction of sp³-hybridized carbons (Fsp3) is 0.0526. The number of sulfonamides is 1. The molecule has 27 heavy (non-hydrogen) atoms. The highest BCUT2D eigenvalue weighted by atomic mass is 32.2. The molecule has 2 N–H and O–H groups in total. The molecule has 0 saturated heterocycles. The molecule has 0 atom stereocenters. The lowest BCUT2D eigenvalue weighted by molar-refractivity contribution is 0.102. The van der Waals surface area contributed by atoms with Crippen LogP contribution in [-0.2, 0) is 14.9 Å². The number of hydrogen-bond donors (Lipinski definition) is 2. The predicted octanol–water partition coefficient (Wildman–Crippen LogP) is 2.84. The number of hydrogen-bond acceptors (Lipinski definition) is 5. The number of nitrogens with one attached hydrogen (secondary N) is 2. The maximum atomic E-state index is 12.3. The largest absolute Gasteiger partial charge is 0.307 e. The Morgan fingerprint density at radius 1 is 0.926 bits per heavy atom. The number of benzene rings is 2. The second kappa shape index (κ2) is 8.09. The molecule has 0 saturated carbocycles. The van der Waals surface area contributed by atoms with Crippen molar-refractivity contribution in [2.75, 3.05) is 12.4 Å². The lowest BCUT2D eigenvalue weighted by Gasteiger charge is -2.07. The first kappa shape index (κ1) is 18.7. The minimum atomic E-state index is -3.76. The van der Waals surface area contributed by atoms with E-state index in [0.29, 0.717) is 11.4 Å². The molecule has 1 amide bonds. The normalized spacial score (nSPS) is 11.1. The van der Waals surface area contributed by atoms with E-state index in [0.717, 1.165) is 11.1 Å². The summed E-state index contributed by atoms with van der Waals surface area (Å²) in [6.45, 7) is 0. The van der Waals surface area contributed by atoms with Gasteiger partial charge in [0.05, 0.1) is 12.0 Å². The number of pyridine rings is 1. The molecule has 0 aliphatic rings. The smallest absolute Gasteiger partial charge is 0.262 e. The second-order valence-electron chi connectivity index (χ2n) is 5.57. The molecular formula is C19H17N3O4S. The Bertz CT molecular complexity index is 1020. The van der Waals surface area contributed by atoms with Gasteiger partial charge in [0.25, 0.3) is 15.9 Å². The van der Waals surface area contributed by atoms with Crippen LogP contribution >= 0.6 is 0 Å². The molecule has 0 aliphatic heterocycles. The Kier molecular flexibility index (Phi) is 5.60. The van der Waals surface area contributed by atoms with Gasteiger partial charge in [-0.25, -0.2) is 13.4 Å². The van der Waals surface area contributed by atoms with E-state index in [2.05, 4.69) is 15.1 Å². The van der Waals surface area contributed by atoms with Crippen LogP contribution in [0.4, 0.5) is 5.82 Å². The van der Waals surface area contributed by atoms with Gasteiger partial charge in [-0.15, -0.1) is 0 Å². The summed E-state index contributed by atoms with van der Waals surface area (Å²) in [4.78, 5) is 22.9. The van der Waals surface area contributed by atoms with Crippen molar-refractivity contribution in [1.29, 1.82) is 0 Å². The molecule has 0 bridgehead atoms. The quantitative estimate of drug-likeness (QED) is 0.638. The van der Waals surface area contributed by atoms with Crippen molar-refractivity contribution in [1.82, 2.24) is 9.87 Å². The lowest BCUT2D eigenvalue weighted by Crippen LogP contribution is -2.22. The van der Waals surface area contributed by atoms with Crippen LogP contribution in [0.2, 0.25) is 0 Å². The standard InChI is InChI=1S/C19H17N3O4S/c1-26-22-27(24,25)17-10-7-15(8-11-17)19(23)21-18-12-9-16(13-20-18)14-5-3-2-4-6-14/h2-13,22H,1H3,(H,20,21,23). The molecule has 0 fully saturated rings. The Hall–Kier alpha value is -3.07. The molecule has 8 heteroatoms. The first-order chi connectivity index (χ1) is 13.0. The number of anilines is 1. The van der Waals surface area contributed by atoms with Gasteiger partial charge < -0.3 is 5.32 Å². The maximum Gasteiger partial charge on any atom is 0.262 e. The van der Waals surface area contributed by atoms with E-state index in [1.54, 1.807) is 12.3 Å². The van der Waals surface area contributed by atoms with Gasteiger partial charge >= 0.3 is 0 Å². The first-order valence-electron chi connectivity index (χ1n) is 7.97. The Morgan fingerprint density at radius 2 is 1.63 bits per heavy atom. The third-order valence-corrected chi connectivity index (χ3v) is 5.01. The van der Waals surface area contributed by atoms with Crippen LogP contribution in [-0.4, -0.2) is 26.4 Å². The summed E-state index contributed by atoms with van der Waals surface area (Å²) in [5, 5.41) is 2.68.